The molecule has 0 saturated heterocycles. The predicted octanol–water partition coefficient (Wildman–Crippen LogP) is 2.45. The van der Waals surface area contributed by atoms with Crippen molar-refractivity contribution < 1.29 is 14.3 Å². The number of hydrogen-bond donors (Lipinski definition) is 1. The zero-order chi connectivity index (χ0) is 16.4. The molecule has 0 aliphatic carbocycles. The van der Waals surface area contributed by atoms with Crippen molar-refractivity contribution in [3.8, 4) is 0 Å². The fourth-order valence-corrected chi connectivity index (χ4v) is 2.82. The van der Waals surface area contributed by atoms with Crippen LogP contribution in [0.3, 0.4) is 0 Å². The summed E-state index contributed by atoms with van der Waals surface area (Å²) in [5.41, 5.74) is 1.10. The number of hydrogen-bond acceptors (Lipinski definition) is 5. The van der Waals surface area contributed by atoms with Gasteiger partial charge in [0.25, 0.3) is 5.91 Å². The minimum atomic E-state index is -0.535. The van der Waals surface area contributed by atoms with Crippen molar-refractivity contribution in [2.75, 3.05) is 12.4 Å². The van der Waals surface area contributed by atoms with Crippen LogP contribution in [0.4, 0.5) is 5.69 Å². The van der Waals surface area contributed by atoms with Gasteiger partial charge in [0.1, 0.15) is 4.88 Å². The van der Waals surface area contributed by atoms with E-state index in [-0.39, 0.29) is 21.1 Å². The van der Waals surface area contributed by atoms with Gasteiger partial charge >= 0.3 is 10.8 Å². The number of nitrogens with zero attached hydrogens (tertiary/aromatic N) is 1. The number of amides is 1. The second-order valence-corrected chi connectivity index (χ2v) is 5.85. The SMILES string of the molecule is COC(=O)c1ccc(Cl)c(NC(=O)c2sc(=O)n(C)c2C)c1. The first-order valence-corrected chi connectivity index (χ1v) is 7.40. The molecule has 0 atom stereocenters. The van der Waals surface area contributed by atoms with Crippen LogP contribution in [0, 0.1) is 6.92 Å². The van der Waals surface area contributed by atoms with Gasteiger partial charge in [0.2, 0.25) is 0 Å². The maximum absolute atomic E-state index is 12.3. The maximum Gasteiger partial charge on any atom is 0.337 e. The summed E-state index contributed by atoms with van der Waals surface area (Å²) in [6.45, 7) is 1.68. The van der Waals surface area contributed by atoms with Gasteiger partial charge in [0.05, 0.1) is 23.4 Å². The summed E-state index contributed by atoms with van der Waals surface area (Å²) in [7, 11) is 2.86. The molecule has 2 aromatic rings. The van der Waals surface area contributed by atoms with Gasteiger partial charge in [-0.15, -0.1) is 0 Å². The molecular weight excluding hydrogens is 328 g/mol. The first-order chi connectivity index (χ1) is 10.3. The summed E-state index contributed by atoms with van der Waals surface area (Å²) in [6, 6.07) is 4.41. The van der Waals surface area contributed by atoms with E-state index in [1.807, 2.05) is 0 Å². The Kier molecular flexibility index (Phi) is 4.68. The number of anilines is 1. The average Bonchev–Trinajstić information content (AvgIpc) is 2.76. The molecule has 0 spiro atoms. The molecular formula is C14H13ClN2O4S. The molecule has 1 aromatic carbocycles. The quantitative estimate of drug-likeness (QED) is 0.871. The number of carbonyl (C=O) groups excluding carboxylic acids is 2. The zero-order valence-electron chi connectivity index (χ0n) is 12.1. The molecule has 0 fully saturated rings. The maximum atomic E-state index is 12.3. The number of benzene rings is 1. The highest BCUT2D eigenvalue weighted by Gasteiger charge is 2.18. The van der Waals surface area contributed by atoms with Crippen LogP contribution in [0.25, 0.3) is 0 Å². The van der Waals surface area contributed by atoms with Gasteiger partial charge in [-0.2, -0.15) is 0 Å². The lowest BCUT2D eigenvalue weighted by molar-refractivity contribution is 0.0600. The third-order valence-corrected chi connectivity index (χ3v) is 4.60. The molecule has 1 N–H and O–H groups in total. The Bertz CT molecular complexity index is 810. The largest absolute Gasteiger partial charge is 0.465 e. The third-order valence-electron chi connectivity index (χ3n) is 3.14. The Hall–Kier alpha value is -2.12. The van der Waals surface area contributed by atoms with Gasteiger partial charge in [0, 0.05) is 12.7 Å². The monoisotopic (exact) mass is 340 g/mol. The van der Waals surface area contributed by atoms with Gasteiger partial charge in [-0.25, -0.2) is 4.79 Å². The summed E-state index contributed by atoms with van der Waals surface area (Å²) in [4.78, 5) is 35.4. The fourth-order valence-electron chi connectivity index (χ4n) is 1.77. The van der Waals surface area contributed by atoms with Crippen molar-refractivity contribution in [3.63, 3.8) is 0 Å². The number of rotatable bonds is 3. The van der Waals surface area contributed by atoms with Crippen LogP contribution in [-0.2, 0) is 11.8 Å². The van der Waals surface area contributed by atoms with Gasteiger partial charge in [-0.1, -0.05) is 22.9 Å². The van der Waals surface area contributed by atoms with Gasteiger partial charge in [-0.3, -0.25) is 9.59 Å². The number of nitrogens with one attached hydrogen (secondary N) is 1. The molecule has 0 bridgehead atoms. The van der Waals surface area contributed by atoms with Crippen molar-refractivity contribution >= 4 is 40.5 Å². The molecule has 0 radical (unpaired) electrons. The van der Waals surface area contributed by atoms with Gasteiger partial charge in [-0.05, 0) is 25.1 Å². The molecule has 1 heterocycles. The number of aromatic nitrogens is 1. The number of methoxy groups -OCH3 is 1. The summed E-state index contributed by atoms with van der Waals surface area (Å²) < 4.78 is 6.02. The molecule has 6 nitrogen and oxygen atoms in total. The Labute approximate surface area is 135 Å². The van der Waals surface area contributed by atoms with Crippen molar-refractivity contribution in [1.82, 2.24) is 4.57 Å². The Morgan fingerprint density at radius 2 is 2.05 bits per heavy atom. The highest BCUT2D eigenvalue weighted by atomic mass is 35.5. The van der Waals surface area contributed by atoms with Crippen LogP contribution in [0.15, 0.2) is 23.0 Å². The number of thiazole rings is 1. The molecule has 22 heavy (non-hydrogen) atoms. The number of halogens is 1. The van der Waals surface area contributed by atoms with E-state index in [1.165, 1.54) is 29.9 Å². The van der Waals surface area contributed by atoms with Crippen molar-refractivity contribution in [3.05, 3.63) is 49.0 Å². The highest BCUT2D eigenvalue weighted by molar-refractivity contribution is 7.11. The predicted molar refractivity (Wildman–Crippen MR) is 85.0 cm³/mol. The number of esters is 1. The fraction of sp³-hybridized carbons (Fsp3) is 0.214. The topological polar surface area (TPSA) is 77.4 Å². The van der Waals surface area contributed by atoms with Gasteiger partial charge < -0.3 is 14.6 Å². The Morgan fingerprint density at radius 1 is 1.36 bits per heavy atom. The van der Waals surface area contributed by atoms with E-state index < -0.39 is 11.9 Å². The molecule has 0 unspecified atom stereocenters. The van der Waals surface area contributed by atoms with Crippen LogP contribution < -0.4 is 10.2 Å². The van der Waals surface area contributed by atoms with Crippen LogP contribution in [-0.4, -0.2) is 23.6 Å². The lowest BCUT2D eigenvalue weighted by atomic mass is 10.2. The number of ether oxygens (including phenoxy) is 1. The molecule has 1 amide bonds. The van der Waals surface area contributed by atoms with E-state index in [9.17, 15) is 14.4 Å². The Balaban J connectivity index is 2.33. The van der Waals surface area contributed by atoms with Crippen LogP contribution in [0.5, 0.6) is 0 Å². The van der Waals surface area contributed by atoms with E-state index in [2.05, 4.69) is 10.1 Å². The minimum absolute atomic E-state index is 0.225. The van der Waals surface area contributed by atoms with Crippen molar-refractivity contribution in [1.29, 1.82) is 0 Å². The second-order valence-electron chi connectivity index (χ2n) is 4.48. The highest BCUT2D eigenvalue weighted by Crippen LogP contribution is 2.25. The molecule has 0 aliphatic heterocycles. The van der Waals surface area contributed by atoms with Gasteiger partial charge in [0.15, 0.2) is 0 Å². The van der Waals surface area contributed by atoms with E-state index in [0.29, 0.717) is 10.6 Å². The van der Waals surface area contributed by atoms with E-state index in [0.717, 1.165) is 11.3 Å². The average molecular weight is 341 g/mol. The molecule has 2 rings (SSSR count). The van der Waals surface area contributed by atoms with Crippen LogP contribution in [0.1, 0.15) is 25.7 Å². The molecule has 0 saturated carbocycles. The zero-order valence-corrected chi connectivity index (χ0v) is 13.7. The van der Waals surface area contributed by atoms with E-state index in [4.69, 9.17) is 11.6 Å². The van der Waals surface area contributed by atoms with E-state index in [1.54, 1.807) is 14.0 Å². The summed E-state index contributed by atoms with van der Waals surface area (Å²) in [6.07, 6.45) is 0. The van der Waals surface area contributed by atoms with Crippen molar-refractivity contribution in [2.45, 2.75) is 6.92 Å². The third kappa shape index (κ3) is 3.05. The molecule has 1 aromatic heterocycles. The lowest BCUT2D eigenvalue weighted by Crippen LogP contribution is -2.14. The Morgan fingerprint density at radius 3 is 2.59 bits per heavy atom. The summed E-state index contributed by atoms with van der Waals surface area (Å²) in [5.74, 6) is -0.989. The summed E-state index contributed by atoms with van der Waals surface area (Å²) in [5, 5.41) is 2.89. The van der Waals surface area contributed by atoms with Crippen molar-refractivity contribution in [2.24, 2.45) is 7.05 Å². The minimum Gasteiger partial charge on any atom is -0.465 e. The molecule has 0 aliphatic rings. The normalized spacial score (nSPS) is 10.4. The first-order valence-electron chi connectivity index (χ1n) is 6.20. The van der Waals surface area contributed by atoms with Crippen LogP contribution >= 0.6 is 22.9 Å². The standard InChI is InChI=1S/C14H13ClN2O4S/c1-7-11(22-14(20)17(7)2)12(18)16-10-6-8(13(19)21-3)4-5-9(10)15/h4-6H,1-3H3,(H,16,18). The smallest absolute Gasteiger partial charge is 0.337 e. The summed E-state index contributed by atoms with van der Waals surface area (Å²) >= 11 is 6.87. The lowest BCUT2D eigenvalue weighted by Gasteiger charge is -2.08. The second kappa shape index (κ2) is 6.33. The molecule has 116 valence electrons. The first kappa shape index (κ1) is 16.3. The van der Waals surface area contributed by atoms with E-state index >= 15 is 0 Å². The van der Waals surface area contributed by atoms with Crippen LogP contribution in [0.2, 0.25) is 5.02 Å². The number of carbonyl (C=O) groups is 2. The molecule has 8 heteroatoms.